The minimum absolute atomic E-state index is 0.0472. The van der Waals surface area contributed by atoms with Gasteiger partial charge in [0.25, 0.3) is 5.91 Å². The molecule has 0 saturated heterocycles. The first-order chi connectivity index (χ1) is 14.5. The van der Waals surface area contributed by atoms with Gasteiger partial charge in [0.05, 0.1) is 10.6 Å². The van der Waals surface area contributed by atoms with Gasteiger partial charge in [-0.25, -0.2) is 8.42 Å². The van der Waals surface area contributed by atoms with Crippen molar-refractivity contribution < 1.29 is 22.7 Å². The maximum Gasteiger partial charge on any atom is 0.259 e. The third-order valence-electron chi connectivity index (χ3n) is 5.52. The van der Waals surface area contributed by atoms with Gasteiger partial charge in [0, 0.05) is 44.4 Å². The predicted molar refractivity (Wildman–Crippen MR) is 120 cm³/mol. The number of likely N-dealkylation sites (N-methyl/N-ethyl adjacent to an activating group) is 1. The van der Waals surface area contributed by atoms with Crippen molar-refractivity contribution >= 4 is 27.3 Å². The van der Waals surface area contributed by atoms with Crippen LogP contribution in [0.15, 0.2) is 41.3 Å². The van der Waals surface area contributed by atoms with Crippen LogP contribution in [-0.4, -0.2) is 58.1 Å². The van der Waals surface area contributed by atoms with Crippen LogP contribution in [0, 0.1) is 0 Å². The number of benzene rings is 2. The lowest BCUT2D eigenvalue weighted by molar-refractivity contribution is -0.130. The minimum atomic E-state index is -3.31. The van der Waals surface area contributed by atoms with Crippen LogP contribution < -0.4 is 9.64 Å². The topological polar surface area (TPSA) is 84.0 Å². The van der Waals surface area contributed by atoms with Crippen molar-refractivity contribution in [3.63, 3.8) is 0 Å². The highest BCUT2D eigenvalue weighted by molar-refractivity contribution is 7.90. The van der Waals surface area contributed by atoms with Crippen LogP contribution >= 0.6 is 0 Å². The Morgan fingerprint density at radius 3 is 2.32 bits per heavy atom. The Morgan fingerprint density at radius 1 is 1.13 bits per heavy atom. The highest BCUT2D eigenvalue weighted by Crippen LogP contribution is 2.43. The zero-order chi connectivity index (χ0) is 22.9. The molecule has 0 saturated carbocycles. The number of amides is 2. The fourth-order valence-corrected chi connectivity index (χ4v) is 4.45. The Hall–Kier alpha value is -2.87. The molecular formula is C23H28N2O5S. The molecule has 0 aliphatic carbocycles. The molecule has 31 heavy (non-hydrogen) atoms. The number of sulfone groups is 1. The Morgan fingerprint density at radius 2 is 1.77 bits per heavy atom. The van der Waals surface area contributed by atoms with Gasteiger partial charge in [-0.1, -0.05) is 12.1 Å². The molecule has 2 aromatic carbocycles. The van der Waals surface area contributed by atoms with Gasteiger partial charge in [-0.3, -0.25) is 9.59 Å². The Balaban J connectivity index is 2.12. The molecule has 8 heteroatoms. The molecule has 2 aromatic rings. The first-order valence-electron chi connectivity index (χ1n) is 10.1. The molecule has 3 rings (SSSR count). The summed E-state index contributed by atoms with van der Waals surface area (Å²) in [6, 6.07) is 10.4. The standard InChI is InChI=1S/C23H28N2O5S/c1-15-6-11-20-21(25(15)16(2)26)13-12-19(23(20)30-14-22(27)24(3)4)17-7-9-18(10-8-17)31(5,28)29/h7-10,12-13,15H,6,11,14H2,1-5H3. The number of rotatable bonds is 5. The summed E-state index contributed by atoms with van der Waals surface area (Å²) in [5, 5.41) is 0. The van der Waals surface area contributed by atoms with Crippen LogP contribution in [-0.2, 0) is 25.8 Å². The molecule has 166 valence electrons. The number of fused-ring (bicyclic) bond motifs is 1. The molecule has 0 fully saturated rings. The van der Waals surface area contributed by atoms with Crippen LogP contribution in [0.25, 0.3) is 11.1 Å². The maximum absolute atomic E-state index is 12.3. The lowest BCUT2D eigenvalue weighted by Crippen LogP contribution is -2.41. The fraction of sp³-hybridized carbons (Fsp3) is 0.391. The number of anilines is 1. The molecule has 0 spiro atoms. The summed E-state index contributed by atoms with van der Waals surface area (Å²) < 4.78 is 29.6. The van der Waals surface area contributed by atoms with E-state index >= 15 is 0 Å². The normalized spacial score (nSPS) is 15.9. The Bertz CT molecular complexity index is 1110. The van der Waals surface area contributed by atoms with Crippen molar-refractivity contribution in [2.75, 3.05) is 31.9 Å². The number of hydrogen-bond acceptors (Lipinski definition) is 5. The molecule has 7 nitrogen and oxygen atoms in total. The van der Waals surface area contributed by atoms with E-state index < -0.39 is 9.84 Å². The summed E-state index contributed by atoms with van der Waals surface area (Å²) in [5.41, 5.74) is 3.19. The van der Waals surface area contributed by atoms with Gasteiger partial charge in [-0.05, 0) is 49.6 Å². The Labute approximate surface area is 183 Å². The highest BCUT2D eigenvalue weighted by atomic mass is 32.2. The second-order valence-electron chi connectivity index (χ2n) is 8.09. The SMILES string of the molecule is CC(=O)N1c2ccc(-c3ccc(S(C)(=O)=O)cc3)c(OCC(=O)N(C)C)c2CCC1C. The number of hydrogen-bond donors (Lipinski definition) is 0. The predicted octanol–water partition coefficient (Wildman–Crippen LogP) is 2.91. The molecule has 2 amide bonds. The van der Waals surface area contributed by atoms with Crippen molar-refractivity contribution in [2.24, 2.45) is 0 Å². The lowest BCUT2D eigenvalue weighted by Gasteiger charge is -2.36. The zero-order valence-corrected chi connectivity index (χ0v) is 19.3. The van der Waals surface area contributed by atoms with E-state index in [1.54, 1.807) is 50.2 Å². The second-order valence-corrected chi connectivity index (χ2v) is 10.1. The molecule has 1 unspecified atom stereocenters. The summed E-state index contributed by atoms with van der Waals surface area (Å²) >= 11 is 0. The fourth-order valence-electron chi connectivity index (χ4n) is 3.82. The van der Waals surface area contributed by atoms with Crippen LogP contribution in [0.2, 0.25) is 0 Å². The van der Waals surface area contributed by atoms with Gasteiger partial charge in [0.15, 0.2) is 16.4 Å². The summed E-state index contributed by atoms with van der Waals surface area (Å²) in [5.74, 6) is 0.329. The van der Waals surface area contributed by atoms with E-state index in [1.165, 1.54) is 11.2 Å². The highest BCUT2D eigenvalue weighted by Gasteiger charge is 2.30. The van der Waals surface area contributed by atoms with Gasteiger partial charge in [-0.2, -0.15) is 0 Å². The quantitative estimate of drug-likeness (QED) is 0.708. The molecular weight excluding hydrogens is 416 g/mol. The third-order valence-corrected chi connectivity index (χ3v) is 6.65. The molecule has 0 bridgehead atoms. The van der Waals surface area contributed by atoms with Crippen LogP contribution in [0.3, 0.4) is 0 Å². The molecule has 1 aliphatic rings. The zero-order valence-electron chi connectivity index (χ0n) is 18.5. The van der Waals surface area contributed by atoms with E-state index in [1.807, 2.05) is 19.1 Å². The monoisotopic (exact) mass is 444 g/mol. The summed E-state index contributed by atoms with van der Waals surface area (Å²) in [6.07, 6.45) is 2.65. The molecule has 1 heterocycles. The van der Waals surface area contributed by atoms with Gasteiger partial charge in [-0.15, -0.1) is 0 Å². The number of nitrogens with zero attached hydrogens (tertiary/aromatic N) is 2. The average molecular weight is 445 g/mol. The minimum Gasteiger partial charge on any atom is -0.483 e. The molecule has 1 aliphatic heterocycles. The Kier molecular flexibility index (Phi) is 6.40. The van der Waals surface area contributed by atoms with E-state index in [4.69, 9.17) is 4.74 Å². The first kappa shape index (κ1) is 22.8. The summed E-state index contributed by atoms with van der Waals surface area (Å²) in [6.45, 7) is 3.42. The second kappa shape index (κ2) is 8.70. The van der Waals surface area contributed by atoms with Crippen molar-refractivity contribution in [1.29, 1.82) is 0 Å². The largest absolute Gasteiger partial charge is 0.483 e. The van der Waals surface area contributed by atoms with Gasteiger partial charge < -0.3 is 14.5 Å². The van der Waals surface area contributed by atoms with E-state index in [0.29, 0.717) is 12.2 Å². The van der Waals surface area contributed by atoms with E-state index in [-0.39, 0.29) is 29.4 Å². The van der Waals surface area contributed by atoms with Crippen molar-refractivity contribution in [2.45, 2.75) is 37.6 Å². The van der Waals surface area contributed by atoms with Gasteiger partial charge >= 0.3 is 0 Å². The average Bonchev–Trinajstić information content (AvgIpc) is 2.70. The van der Waals surface area contributed by atoms with E-state index in [2.05, 4.69) is 0 Å². The van der Waals surface area contributed by atoms with Gasteiger partial charge in [0.1, 0.15) is 5.75 Å². The van der Waals surface area contributed by atoms with Crippen LogP contribution in [0.4, 0.5) is 5.69 Å². The van der Waals surface area contributed by atoms with Crippen molar-refractivity contribution in [3.8, 4) is 16.9 Å². The smallest absolute Gasteiger partial charge is 0.259 e. The van der Waals surface area contributed by atoms with Crippen LogP contribution in [0.1, 0.15) is 25.8 Å². The first-order valence-corrected chi connectivity index (χ1v) is 12.0. The lowest BCUT2D eigenvalue weighted by atomic mass is 9.91. The number of carbonyl (C=O) groups excluding carboxylic acids is 2. The third kappa shape index (κ3) is 4.74. The number of ether oxygens (including phenoxy) is 1. The maximum atomic E-state index is 12.3. The summed E-state index contributed by atoms with van der Waals surface area (Å²) in [4.78, 5) is 27.9. The molecule has 0 N–H and O–H groups in total. The van der Waals surface area contributed by atoms with E-state index in [9.17, 15) is 18.0 Å². The molecule has 0 aromatic heterocycles. The van der Waals surface area contributed by atoms with E-state index in [0.717, 1.165) is 28.8 Å². The van der Waals surface area contributed by atoms with Gasteiger partial charge in [0.2, 0.25) is 5.91 Å². The van der Waals surface area contributed by atoms with Crippen LogP contribution in [0.5, 0.6) is 5.75 Å². The summed E-state index contributed by atoms with van der Waals surface area (Å²) in [7, 11) is 0.0199. The molecule has 0 radical (unpaired) electrons. The number of carbonyl (C=O) groups is 2. The van der Waals surface area contributed by atoms with Crippen molar-refractivity contribution in [3.05, 3.63) is 42.0 Å². The van der Waals surface area contributed by atoms with Crippen molar-refractivity contribution in [1.82, 2.24) is 4.90 Å². The molecule has 1 atom stereocenters.